The first kappa shape index (κ1) is 29.2. The maximum Gasteiger partial charge on any atom is 0.254 e. The molecule has 0 spiro atoms. The molecule has 0 aliphatic heterocycles. The first-order valence-electron chi connectivity index (χ1n) is 14.3. The zero-order valence-corrected chi connectivity index (χ0v) is 25.4. The van der Waals surface area contributed by atoms with Crippen LogP contribution in [-0.4, -0.2) is 47.5 Å². The standard InChI is InChI=1S/C31H33N11O3/c1-17(2)41-15-20(12-34-41)36-19-9-10-26-25(11-19)39-30(45-26)22-7-6-8-24(27(22)44-5)38-29-23(28(32)43)14-33-31(40-29)37-21-13-35-42(16-21)18(3)4/h6-18,36H,1-5H3,(H2,32,43)(H2,33,37,38,40). The molecule has 0 aliphatic rings. The Labute approximate surface area is 258 Å². The molecule has 0 fully saturated rings. The summed E-state index contributed by atoms with van der Waals surface area (Å²) in [6.07, 6.45) is 8.61. The molecule has 45 heavy (non-hydrogen) atoms. The Balaban J connectivity index is 1.29. The number of benzene rings is 2. The van der Waals surface area contributed by atoms with Gasteiger partial charge in [0.2, 0.25) is 11.8 Å². The number of carbonyl (C=O) groups excluding carboxylic acids is 1. The van der Waals surface area contributed by atoms with E-state index in [0.29, 0.717) is 39.7 Å². The lowest BCUT2D eigenvalue weighted by Gasteiger charge is -2.15. The third-order valence-corrected chi connectivity index (χ3v) is 6.95. The van der Waals surface area contributed by atoms with Crippen molar-refractivity contribution >= 4 is 51.5 Å². The van der Waals surface area contributed by atoms with Gasteiger partial charge < -0.3 is 30.8 Å². The van der Waals surface area contributed by atoms with Gasteiger partial charge in [-0.2, -0.15) is 15.2 Å². The summed E-state index contributed by atoms with van der Waals surface area (Å²) in [5.41, 5.74) is 10.6. The molecule has 4 aromatic heterocycles. The van der Waals surface area contributed by atoms with Gasteiger partial charge >= 0.3 is 0 Å². The van der Waals surface area contributed by atoms with Crippen molar-refractivity contribution in [3.05, 3.63) is 72.9 Å². The van der Waals surface area contributed by atoms with Gasteiger partial charge in [0, 0.05) is 36.4 Å². The van der Waals surface area contributed by atoms with Crippen LogP contribution in [0.5, 0.6) is 5.75 Å². The van der Waals surface area contributed by atoms with Crippen LogP contribution in [0.4, 0.5) is 34.5 Å². The largest absolute Gasteiger partial charge is 0.494 e. The van der Waals surface area contributed by atoms with E-state index < -0.39 is 5.91 Å². The molecule has 6 aromatic rings. The number of fused-ring (bicyclic) bond motifs is 1. The van der Waals surface area contributed by atoms with E-state index >= 15 is 0 Å². The van der Waals surface area contributed by atoms with Gasteiger partial charge in [-0.15, -0.1) is 0 Å². The van der Waals surface area contributed by atoms with Crippen molar-refractivity contribution in [1.82, 2.24) is 34.5 Å². The number of aromatic nitrogens is 7. The second kappa shape index (κ2) is 12.0. The summed E-state index contributed by atoms with van der Waals surface area (Å²) in [5.74, 6) is 0.552. The van der Waals surface area contributed by atoms with Gasteiger partial charge in [0.25, 0.3) is 5.91 Å². The molecule has 2 aromatic carbocycles. The number of amides is 1. The van der Waals surface area contributed by atoms with Crippen LogP contribution in [0.15, 0.2) is 71.8 Å². The van der Waals surface area contributed by atoms with E-state index in [2.05, 4.69) is 50.0 Å². The molecular formula is C31H33N11O3. The Morgan fingerprint density at radius 1 is 0.889 bits per heavy atom. The average Bonchev–Trinajstić information content (AvgIpc) is 3.77. The first-order chi connectivity index (χ1) is 21.7. The number of rotatable bonds is 11. The Kier molecular flexibility index (Phi) is 7.77. The highest BCUT2D eigenvalue weighted by Crippen LogP contribution is 2.39. The van der Waals surface area contributed by atoms with Gasteiger partial charge in [-0.1, -0.05) is 6.07 Å². The smallest absolute Gasteiger partial charge is 0.254 e. The third-order valence-electron chi connectivity index (χ3n) is 6.95. The number of hydrogen-bond donors (Lipinski definition) is 4. The molecule has 0 saturated heterocycles. The monoisotopic (exact) mass is 607 g/mol. The molecule has 5 N–H and O–H groups in total. The summed E-state index contributed by atoms with van der Waals surface area (Å²) < 4.78 is 15.6. The predicted octanol–water partition coefficient (Wildman–Crippen LogP) is 6.18. The van der Waals surface area contributed by atoms with Crippen LogP contribution in [0.3, 0.4) is 0 Å². The lowest BCUT2D eigenvalue weighted by Crippen LogP contribution is -2.16. The van der Waals surface area contributed by atoms with Crippen molar-refractivity contribution in [3.8, 4) is 17.2 Å². The van der Waals surface area contributed by atoms with Crippen molar-refractivity contribution in [2.24, 2.45) is 5.73 Å². The molecule has 0 bridgehead atoms. The fraction of sp³-hybridized carbons (Fsp3) is 0.226. The molecular weight excluding hydrogens is 574 g/mol. The van der Waals surface area contributed by atoms with E-state index in [1.54, 1.807) is 30.3 Å². The maximum absolute atomic E-state index is 12.3. The molecule has 6 rings (SSSR count). The predicted molar refractivity (Wildman–Crippen MR) is 172 cm³/mol. The average molecular weight is 608 g/mol. The number of hydrogen-bond acceptors (Lipinski definition) is 11. The van der Waals surface area contributed by atoms with Crippen LogP contribution in [-0.2, 0) is 0 Å². The minimum atomic E-state index is -0.688. The normalized spacial score (nSPS) is 11.4. The van der Waals surface area contributed by atoms with E-state index in [1.807, 2.05) is 61.3 Å². The molecule has 4 heterocycles. The summed E-state index contributed by atoms with van der Waals surface area (Å²) in [6.45, 7) is 8.20. The highest BCUT2D eigenvalue weighted by Gasteiger charge is 2.20. The van der Waals surface area contributed by atoms with Crippen molar-refractivity contribution in [1.29, 1.82) is 0 Å². The summed E-state index contributed by atoms with van der Waals surface area (Å²) in [7, 11) is 1.54. The number of nitrogens with one attached hydrogen (secondary N) is 3. The van der Waals surface area contributed by atoms with E-state index in [9.17, 15) is 4.79 Å². The minimum Gasteiger partial charge on any atom is -0.494 e. The van der Waals surface area contributed by atoms with Gasteiger partial charge in [-0.3, -0.25) is 14.2 Å². The Hall–Kier alpha value is -5.92. The second-order valence-corrected chi connectivity index (χ2v) is 10.9. The van der Waals surface area contributed by atoms with E-state index in [1.165, 1.54) is 6.20 Å². The molecule has 1 amide bonds. The van der Waals surface area contributed by atoms with E-state index in [4.69, 9.17) is 19.9 Å². The maximum atomic E-state index is 12.3. The molecule has 0 radical (unpaired) electrons. The molecule has 0 unspecified atom stereocenters. The van der Waals surface area contributed by atoms with E-state index in [0.717, 1.165) is 11.4 Å². The number of nitrogens with zero attached hydrogens (tertiary/aromatic N) is 7. The summed E-state index contributed by atoms with van der Waals surface area (Å²) >= 11 is 0. The quantitative estimate of drug-likeness (QED) is 0.132. The van der Waals surface area contributed by atoms with Gasteiger partial charge in [0.05, 0.1) is 42.1 Å². The van der Waals surface area contributed by atoms with Crippen LogP contribution >= 0.6 is 0 Å². The van der Waals surface area contributed by atoms with Crippen molar-refractivity contribution < 1.29 is 13.9 Å². The molecule has 0 aliphatic carbocycles. The summed E-state index contributed by atoms with van der Waals surface area (Å²) in [4.78, 5) is 25.8. The molecule has 0 saturated carbocycles. The number of methoxy groups -OCH3 is 1. The fourth-order valence-corrected chi connectivity index (χ4v) is 4.66. The lowest BCUT2D eigenvalue weighted by molar-refractivity contribution is 0.100. The van der Waals surface area contributed by atoms with Gasteiger partial charge in [-0.25, -0.2) is 9.97 Å². The summed E-state index contributed by atoms with van der Waals surface area (Å²) in [5, 5.41) is 18.4. The van der Waals surface area contributed by atoms with E-state index in [-0.39, 0.29) is 29.4 Å². The Bertz CT molecular complexity index is 1990. The van der Waals surface area contributed by atoms with Gasteiger partial charge in [-0.05, 0) is 58.0 Å². The van der Waals surface area contributed by atoms with Crippen LogP contribution in [0.2, 0.25) is 0 Å². The number of carbonyl (C=O) groups is 1. The highest BCUT2D eigenvalue weighted by atomic mass is 16.5. The third kappa shape index (κ3) is 6.11. The number of nitrogens with two attached hydrogens (primary N) is 1. The molecule has 14 nitrogen and oxygen atoms in total. The van der Waals surface area contributed by atoms with Gasteiger partial charge in [0.15, 0.2) is 11.3 Å². The highest BCUT2D eigenvalue weighted by molar-refractivity contribution is 5.98. The zero-order chi connectivity index (χ0) is 31.7. The zero-order valence-electron chi connectivity index (χ0n) is 25.4. The van der Waals surface area contributed by atoms with Crippen LogP contribution in [0.25, 0.3) is 22.6 Å². The number of primary amides is 1. The number of oxazole rings is 1. The first-order valence-corrected chi connectivity index (χ1v) is 14.3. The van der Waals surface area contributed by atoms with Crippen molar-refractivity contribution in [2.45, 2.75) is 39.8 Å². The van der Waals surface area contributed by atoms with Crippen LogP contribution in [0.1, 0.15) is 50.1 Å². The summed E-state index contributed by atoms with van der Waals surface area (Å²) in [6, 6.07) is 11.6. The molecule has 0 atom stereocenters. The van der Waals surface area contributed by atoms with Gasteiger partial charge in [0.1, 0.15) is 16.9 Å². The van der Waals surface area contributed by atoms with Crippen LogP contribution in [0, 0.1) is 0 Å². The molecule has 14 heteroatoms. The van der Waals surface area contributed by atoms with Crippen LogP contribution < -0.4 is 26.4 Å². The van der Waals surface area contributed by atoms with Crippen molar-refractivity contribution in [3.63, 3.8) is 0 Å². The number of anilines is 6. The Morgan fingerprint density at radius 2 is 1.60 bits per heavy atom. The lowest BCUT2D eigenvalue weighted by atomic mass is 10.1. The SMILES string of the molecule is COc1c(Nc2nc(Nc3cnn(C(C)C)c3)ncc2C(N)=O)cccc1-c1nc2cc(Nc3cnn(C(C)C)c3)ccc2o1. The van der Waals surface area contributed by atoms with Crippen molar-refractivity contribution in [2.75, 3.05) is 23.1 Å². The molecule has 230 valence electrons. The second-order valence-electron chi connectivity index (χ2n) is 10.9. The fourth-order valence-electron chi connectivity index (χ4n) is 4.66. The number of ether oxygens (including phenoxy) is 1. The minimum absolute atomic E-state index is 0.103. The number of para-hydroxylation sites is 1. The topological polar surface area (TPSA) is 176 Å². The Morgan fingerprint density at radius 3 is 2.24 bits per heavy atom.